The second kappa shape index (κ2) is 7.63. The van der Waals surface area contributed by atoms with Gasteiger partial charge in [-0.1, -0.05) is 29.8 Å². The molecule has 0 saturated heterocycles. The van der Waals surface area contributed by atoms with Crippen LogP contribution in [0.4, 0.5) is 0 Å². The first-order valence-electron chi connectivity index (χ1n) is 5.89. The molecule has 0 unspecified atom stereocenters. The fraction of sp³-hybridized carbons (Fsp3) is 0. The van der Waals surface area contributed by atoms with Gasteiger partial charge in [0.15, 0.2) is 6.29 Å². The summed E-state index contributed by atoms with van der Waals surface area (Å²) in [5.74, 6) is 0. The molecule has 0 spiro atoms. The zero-order chi connectivity index (χ0) is 15.2. The van der Waals surface area contributed by atoms with Crippen LogP contribution < -0.4 is 0 Å². The minimum absolute atomic E-state index is 0.312. The second-order valence-electron chi connectivity index (χ2n) is 3.99. The van der Waals surface area contributed by atoms with Crippen molar-refractivity contribution < 1.29 is 4.79 Å². The van der Waals surface area contributed by atoms with Crippen LogP contribution >= 0.6 is 45.5 Å². The summed E-state index contributed by atoms with van der Waals surface area (Å²) in [6.45, 7) is 0. The molecule has 3 nitrogen and oxygen atoms in total. The fourth-order valence-electron chi connectivity index (χ4n) is 1.52. The highest BCUT2D eigenvalue weighted by Gasteiger charge is 2.05. The predicted octanol–water partition coefficient (Wildman–Crippen LogP) is 4.86. The number of hydrogen-bond donors (Lipinski definition) is 1. The summed E-state index contributed by atoms with van der Waals surface area (Å²) < 4.78 is 1.01. The zero-order valence-electron chi connectivity index (χ0n) is 10.7. The topological polar surface area (TPSA) is 53.8 Å². The number of carbonyl (C=O) groups excluding carboxylic acids is 1. The number of thiazole rings is 1. The molecule has 21 heavy (non-hydrogen) atoms. The van der Waals surface area contributed by atoms with Crippen molar-refractivity contribution in [1.82, 2.24) is 4.98 Å². The van der Waals surface area contributed by atoms with Crippen molar-refractivity contribution >= 4 is 64.1 Å². The summed E-state index contributed by atoms with van der Waals surface area (Å²) >= 11 is 9.80. The van der Waals surface area contributed by atoms with E-state index in [4.69, 9.17) is 17.0 Å². The van der Waals surface area contributed by atoms with Crippen molar-refractivity contribution in [3.05, 3.63) is 54.9 Å². The Balaban J connectivity index is 2.20. The minimum atomic E-state index is 0.312. The number of nitrogens with one attached hydrogen (secondary N) is 1. The number of aromatic nitrogens is 1. The van der Waals surface area contributed by atoms with Crippen molar-refractivity contribution in [3.8, 4) is 11.3 Å². The summed E-state index contributed by atoms with van der Waals surface area (Å²) in [7, 11) is 0. The smallest absolute Gasteiger partial charge is 0.151 e. The van der Waals surface area contributed by atoms with Crippen LogP contribution in [0.2, 0.25) is 5.02 Å². The monoisotopic (exact) mass is 428 g/mol. The van der Waals surface area contributed by atoms with Crippen LogP contribution in [0, 0.1) is 8.98 Å². The van der Waals surface area contributed by atoms with Crippen molar-refractivity contribution in [2.75, 3.05) is 0 Å². The molecule has 0 bridgehead atoms. The summed E-state index contributed by atoms with van der Waals surface area (Å²) in [5, 5.41) is 10.5. The van der Waals surface area contributed by atoms with Crippen LogP contribution in [0.15, 0.2) is 41.3 Å². The maximum atomic E-state index is 10.5. The molecule has 2 rings (SSSR count). The van der Waals surface area contributed by atoms with E-state index in [2.05, 4.69) is 27.6 Å². The Hall–Kier alpha value is -1.31. The Morgan fingerprint density at radius 2 is 2.24 bits per heavy atom. The van der Waals surface area contributed by atoms with E-state index < -0.39 is 0 Å². The van der Waals surface area contributed by atoms with Gasteiger partial charge in [-0.2, -0.15) is 0 Å². The highest BCUT2D eigenvalue weighted by atomic mass is 127. The minimum Gasteiger partial charge on any atom is -0.308 e. The van der Waals surface area contributed by atoms with Gasteiger partial charge in [0.2, 0.25) is 0 Å². The molecule has 1 N–H and O–H groups in total. The molecule has 0 saturated carbocycles. The van der Waals surface area contributed by atoms with Gasteiger partial charge in [-0.25, -0.2) is 4.98 Å². The number of carbonyl (C=O) groups is 1. The molecule has 1 aromatic carbocycles. The SMILES string of the molecule is N=C/C(C=O)=C\C=C/c1nc(-c2ccc(I)c(Cl)c2)cs1. The van der Waals surface area contributed by atoms with E-state index in [-0.39, 0.29) is 0 Å². The third kappa shape index (κ3) is 4.33. The molecule has 0 aliphatic rings. The fourth-order valence-corrected chi connectivity index (χ4v) is 2.76. The number of rotatable bonds is 5. The van der Waals surface area contributed by atoms with Gasteiger partial charge >= 0.3 is 0 Å². The van der Waals surface area contributed by atoms with Crippen LogP contribution in [0.5, 0.6) is 0 Å². The van der Waals surface area contributed by atoms with Crippen molar-refractivity contribution in [2.24, 2.45) is 0 Å². The molecule has 1 aromatic heterocycles. The molecule has 1 heterocycles. The number of nitrogens with zero attached hydrogens (tertiary/aromatic N) is 1. The van der Waals surface area contributed by atoms with Crippen LogP contribution in [0.3, 0.4) is 0 Å². The maximum Gasteiger partial charge on any atom is 0.151 e. The largest absolute Gasteiger partial charge is 0.308 e. The molecule has 6 heteroatoms. The highest BCUT2D eigenvalue weighted by Crippen LogP contribution is 2.27. The Morgan fingerprint density at radius 1 is 1.43 bits per heavy atom. The molecule has 0 atom stereocenters. The van der Waals surface area contributed by atoms with E-state index in [1.54, 1.807) is 18.2 Å². The summed E-state index contributed by atoms with van der Waals surface area (Å²) in [4.78, 5) is 15.0. The number of allylic oxidation sites excluding steroid dienone is 3. The molecular formula is C15H10ClIN2OS. The second-order valence-corrected chi connectivity index (χ2v) is 6.45. The standard InChI is InChI=1S/C15H10ClIN2OS/c16-12-6-11(4-5-13(12)17)14-9-21-15(19-14)3-1-2-10(7-18)8-20/h1-9,18H/b3-1-,10-2+,18-7?. The zero-order valence-corrected chi connectivity index (χ0v) is 14.4. The Morgan fingerprint density at radius 3 is 2.90 bits per heavy atom. The van der Waals surface area contributed by atoms with E-state index in [0.717, 1.165) is 26.0 Å². The molecule has 0 radical (unpaired) electrons. The van der Waals surface area contributed by atoms with Crippen molar-refractivity contribution in [3.63, 3.8) is 0 Å². The summed E-state index contributed by atoms with van der Waals surface area (Å²) in [6.07, 6.45) is 6.73. The van der Waals surface area contributed by atoms with Gasteiger partial charge in [0, 0.05) is 26.3 Å². The van der Waals surface area contributed by atoms with Gasteiger partial charge in [-0.05, 0) is 40.8 Å². The summed E-state index contributed by atoms with van der Waals surface area (Å²) in [6, 6.07) is 5.83. The average Bonchev–Trinajstić information content (AvgIpc) is 2.95. The number of hydrogen-bond acceptors (Lipinski definition) is 4. The number of halogens is 2. The lowest BCUT2D eigenvalue weighted by Gasteiger charge is -1.99. The first-order valence-corrected chi connectivity index (χ1v) is 8.22. The van der Waals surface area contributed by atoms with Crippen LogP contribution in [-0.4, -0.2) is 17.5 Å². The van der Waals surface area contributed by atoms with E-state index in [1.165, 1.54) is 11.3 Å². The van der Waals surface area contributed by atoms with Gasteiger partial charge in [-0.3, -0.25) is 4.79 Å². The normalized spacial score (nSPS) is 11.8. The first-order chi connectivity index (χ1) is 10.1. The lowest BCUT2D eigenvalue weighted by Crippen LogP contribution is -1.82. The maximum absolute atomic E-state index is 10.5. The molecule has 0 fully saturated rings. The lowest BCUT2D eigenvalue weighted by atomic mass is 10.2. The predicted molar refractivity (Wildman–Crippen MR) is 97.2 cm³/mol. The molecular weight excluding hydrogens is 419 g/mol. The van der Waals surface area contributed by atoms with E-state index in [1.807, 2.05) is 23.6 Å². The van der Waals surface area contributed by atoms with Gasteiger partial charge in [-0.15, -0.1) is 11.3 Å². The Bertz CT molecular complexity index is 727. The summed E-state index contributed by atoms with van der Waals surface area (Å²) in [5.41, 5.74) is 2.15. The quantitative estimate of drug-likeness (QED) is 0.243. The van der Waals surface area contributed by atoms with Crippen LogP contribution in [0.1, 0.15) is 5.01 Å². The molecule has 0 aliphatic heterocycles. The Kier molecular flexibility index (Phi) is 5.84. The van der Waals surface area contributed by atoms with Gasteiger partial charge < -0.3 is 5.41 Å². The van der Waals surface area contributed by atoms with E-state index in [9.17, 15) is 4.79 Å². The number of aldehydes is 1. The van der Waals surface area contributed by atoms with Crippen LogP contribution in [-0.2, 0) is 4.79 Å². The molecule has 0 amide bonds. The first kappa shape index (κ1) is 16.1. The van der Waals surface area contributed by atoms with Crippen molar-refractivity contribution in [1.29, 1.82) is 5.41 Å². The number of benzene rings is 1. The van der Waals surface area contributed by atoms with Gasteiger partial charge in [0.25, 0.3) is 0 Å². The molecule has 106 valence electrons. The third-order valence-electron chi connectivity index (χ3n) is 2.57. The third-order valence-corrected chi connectivity index (χ3v) is 4.95. The lowest BCUT2D eigenvalue weighted by molar-refractivity contribution is -0.104. The Labute approximate surface area is 145 Å². The molecule has 0 aliphatic carbocycles. The van der Waals surface area contributed by atoms with Crippen molar-refractivity contribution in [2.45, 2.75) is 0 Å². The van der Waals surface area contributed by atoms with E-state index >= 15 is 0 Å². The molecule has 2 aromatic rings. The van der Waals surface area contributed by atoms with Gasteiger partial charge in [0.1, 0.15) is 5.01 Å². The van der Waals surface area contributed by atoms with Crippen LogP contribution in [0.25, 0.3) is 17.3 Å². The van der Waals surface area contributed by atoms with Gasteiger partial charge in [0.05, 0.1) is 10.7 Å². The highest BCUT2D eigenvalue weighted by molar-refractivity contribution is 14.1. The average molecular weight is 429 g/mol. The van der Waals surface area contributed by atoms with E-state index in [0.29, 0.717) is 16.9 Å².